The summed E-state index contributed by atoms with van der Waals surface area (Å²) in [7, 11) is 1.80. The minimum atomic E-state index is 0.175. The third-order valence-electron chi connectivity index (χ3n) is 4.76. The zero-order chi connectivity index (χ0) is 19.1. The SMILES string of the molecule is COC1CC(C)(COCCCSCCN)CCC1OCCCSCCN. The van der Waals surface area contributed by atoms with E-state index in [0.29, 0.717) is 0 Å². The lowest BCUT2D eigenvalue weighted by Gasteiger charge is -2.41. The maximum Gasteiger partial charge on any atom is 0.0838 e. The Balaban J connectivity index is 2.18. The van der Waals surface area contributed by atoms with Crippen LogP contribution in [0.2, 0.25) is 0 Å². The summed E-state index contributed by atoms with van der Waals surface area (Å²) in [6.07, 6.45) is 5.79. The number of ether oxygens (including phenoxy) is 3. The second kappa shape index (κ2) is 15.4. The van der Waals surface area contributed by atoms with Crippen molar-refractivity contribution in [2.45, 2.75) is 51.2 Å². The van der Waals surface area contributed by atoms with Crippen molar-refractivity contribution in [2.24, 2.45) is 16.9 Å². The summed E-state index contributed by atoms with van der Waals surface area (Å²) in [6.45, 7) is 6.31. The lowest BCUT2D eigenvalue weighted by Crippen LogP contribution is -2.43. The summed E-state index contributed by atoms with van der Waals surface area (Å²) in [4.78, 5) is 0. The molecule has 0 radical (unpaired) electrons. The van der Waals surface area contributed by atoms with E-state index in [9.17, 15) is 0 Å². The molecule has 1 aliphatic carbocycles. The number of thioether (sulfide) groups is 2. The number of rotatable bonds is 16. The summed E-state index contributed by atoms with van der Waals surface area (Å²) >= 11 is 3.81. The predicted molar refractivity (Wildman–Crippen MR) is 115 cm³/mol. The number of hydrogen-bond donors (Lipinski definition) is 2. The monoisotopic (exact) mass is 408 g/mol. The van der Waals surface area contributed by atoms with Gasteiger partial charge in [0.15, 0.2) is 0 Å². The van der Waals surface area contributed by atoms with Crippen LogP contribution in [0.1, 0.15) is 39.0 Å². The normalized spacial score (nSPS) is 26.3. The van der Waals surface area contributed by atoms with Gasteiger partial charge in [-0.2, -0.15) is 23.5 Å². The van der Waals surface area contributed by atoms with Crippen LogP contribution in [0.5, 0.6) is 0 Å². The molecule has 1 rings (SSSR count). The van der Waals surface area contributed by atoms with E-state index >= 15 is 0 Å². The molecule has 0 aromatic heterocycles. The minimum Gasteiger partial charge on any atom is -0.381 e. The van der Waals surface area contributed by atoms with Crippen LogP contribution in [-0.2, 0) is 14.2 Å². The zero-order valence-electron chi connectivity index (χ0n) is 16.8. The summed E-state index contributed by atoms with van der Waals surface area (Å²) in [5.74, 6) is 4.33. The Morgan fingerprint density at radius 1 is 0.962 bits per heavy atom. The van der Waals surface area contributed by atoms with E-state index in [-0.39, 0.29) is 17.6 Å². The van der Waals surface area contributed by atoms with Gasteiger partial charge in [-0.3, -0.25) is 0 Å². The number of nitrogens with two attached hydrogens (primary N) is 2. The van der Waals surface area contributed by atoms with Crippen LogP contribution in [0.4, 0.5) is 0 Å². The molecule has 4 N–H and O–H groups in total. The van der Waals surface area contributed by atoms with E-state index in [1.807, 2.05) is 23.5 Å². The van der Waals surface area contributed by atoms with Crippen LogP contribution in [0, 0.1) is 5.41 Å². The van der Waals surface area contributed by atoms with Gasteiger partial charge in [0.25, 0.3) is 0 Å². The van der Waals surface area contributed by atoms with E-state index in [0.717, 1.165) is 88.0 Å². The summed E-state index contributed by atoms with van der Waals surface area (Å²) in [5, 5.41) is 0. The van der Waals surface area contributed by atoms with Crippen LogP contribution < -0.4 is 11.5 Å². The quantitative estimate of drug-likeness (QED) is 0.380. The lowest BCUT2D eigenvalue weighted by atomic mass is 9.74. The van der Waals surface area contributed by atoms with Crippen LogP contribution in [0.25, 0.3) is 0 Å². The highest BCUT2D eigenvalue weighted by Crippen LogP contribution is 2.38. The van der Waals surface area contributed by atoms with Crippen molar-refractivity contribution >= 4 is 23.5 Å². The Hall–Kier alpha value is 0.500. The maximum atomic E-state index is 6.12. The molecular weight excluding hydrogens is 368 g/mol. The Morgan fingerprint density at radius 3 is 2.23 bits per heavy atom. The van der Waals surface area contributed by atoms with Gasteiger partial charge in [-0.1, -0.05) is 6.92 Å². The van der Waals surface area contributed by atoms with E-state index < -0.39 is 0 Å². The van der Waals surface area contributed by atoms with E-state index in [2.05, 4.69) is 6.92 Å². The average molecular weight is 409 g/mol. The molecule has 0 aromatic carbocycles. The van der Waals surface area contributed by atoms with Crippen LogP contribution in [0.3, 0.4) is 0 Å². The molecule has 3 atom stereocenters. The number of methoxy groups -OCH3 is 1. The first-order valence-electron chi connectivity index (χ1n) is 9.93. The molecule has 3 unspecified atom stereocenters. The van der Waals surface area contributed by atoms with Gasteiger partial charge in [-0.15, -0.1) is 0 Å². The van der Waals surface area contributed by atoms with Crippen LogP contribution in [-0.4, -0.2) is 75.2 Å². The van der Waals surface area contributed by atoms with Gasteiger partial charge >= 0.3 is 0 Å². The second-order valence-electron chi connectivity index (χ2n) is 7.30. The second-order valence-corrected chi connectivity index (χ2v) is 9.75. The van der Waals surface area contributed by atoms with E-state index in [1.165, 1.54) is 0 Å². The molecule has 0 spiro atoms. The molecule has 0 heterocycles. The van der Waals surface area contributed by atoms with E-state index in [1.54, 1.807) is 7.11 Å². The first kappa shape index (κ1) is 24.5. The van der Waals surface area contributed by atoms with Gasteiger partial charge in [-0.25, -0.2) is 0 Å². The van der Waals surface area contributed by atoms with Crippen LogP contribution in [0.15, 0.2) is 0 Å². The van der Waals surface area contributed by atoms with Gasteiger partial charge < -0.3 is 25.7 Å². The molecule has 0 aliphatic heterocycles. The largest absolute Gasteiger partial charge is 0.381 e. The van der Waals surface area contributed by atoms with Crippen molar-refractivity contribution < 1.29 is 14.2 Å². The van der Waals surface area contributed by atoms with Gasteiger partial charge in [0.05, 0.1) is 18.8 Å². The molecule has 5 nitrogen and oxygen atoms in total. The first-order chi connectivity index (χ1) is 12.6. The van der Waals surface area contributed by atoms with E-state index in [4.69, 9.17) is 25.7 Å². The molecule has 7 heteroatoms. The molecular formula is C19H40N2O3S2. The predicted octanol–water partition coefficient (Wildman–Crippen LogP) is 2.76. The maximum absolute atomic E-state index is 6.12. The first-order valence-corrected chi connectivity index (χ1v) is 12.2. The third kappa shape index (κ3) is 10.7. The Bertz CT molecular complexity index is 340. The molecule has 0 bridgehead atoms. The van der Waals surface area contributed by atoms with Crippen molar-refractivity contribution in [3.63, 3.8) is 0 Å². The molecule has 0 saturated heterocycles. The van der Waals surface area contributed by atoms with Crippen molar-refractivity contribution in [3.05, 3.63) is 0 Å². The van der Waals surface area contributed by atoms with Gasteiger partial charge in [-0.05, 0) is 49.0 Å². The van der Waals surface area contributed by atoms with Gasteiger partial charge in [0.1, 0.15) is 0 Å². The Labute approximate surface area is 169 Å². The molecule has 1 aliphatic rings. The zero-order valence-corrected chi connectivity index (χ0v) is 18.4. The molecule has 1 saturated carbocycles. The lowest BCUT2D eigenvalue weighted by molar-refractivity contribution is -0.115. The fourth-order valence-corrected chi connectivity index (χ4v) is 4.69. The summed E-state index contributed by atoms with van der Waals surface area (Å²) in [6, 6.07) is 0. The van der Waals surface area contributed by atoms with Gasteiger partial charge in [0.2, 0.25) is 0 Å². The van der Waals surface area contributed by atoms with Crippen molar-refractivity contribution in [1.82, 2.24) is 0 Å². The average Bonchev–Trinajstić information content (AvgIpc) is 2.65. The highest BCUT2D eigenvalue weighted by molar-refractivity contribution is 7.99. The highest BCUT2D eigenvalue weighted by Gasteiger charge is 2.38. The van der Waals surface area contributed by atoms with Crippen molar-refractivity contribution in [1.29, 1.82) is 0 Å². The highest BCUT2D eigenvalue weighted by atomic mass is 32.2. The smallest absolute Gasteiger partial charge is 0.0838 e. The number of hydrogen-bond acceptors (Lipinski definition) is 7. The van der Waals surface area contributed by atoms with Crippen molar-refractivity contribution in [3.8, 4) is 0 Å². The van der Waals surface area contributed by atoms with Crippen molar-refractivity contribution in [2.75, 3.05) is 63.0 Å². The van der Waals surface area contributed by atoms with Crippen LogP contribution >= 0.6 is 23.5 Å². The topological polar surface area (TPSA) is 79.7 Å². The third-order valence-corrected chi connectivity index (χ3v) is 6.96. The molecule has 1 fully saturated rings. The Kier molecular flexibility index (Phi) is 14.6. The molecule has 0 aromatic rings. The standard InChI is InChI=1S/C19H40N2O3S2/c1-19(16-23-9-3-11-25-13-7-20)6-5-17(18(15-19)22-2)24-10-4-12-26-14-8-21/h17-18H,3-16,20-21H2,1-2H3. The van der Waals surface area contributed by atoms with Gasteiger partial charge in [0, 0.05) is 44.9 Å². The molecule has 156 valence electrons. The molecule has 26 heavy (non-hydrogen) atoms. The summed E-state index contributed by atoms with van der Waals surface area (Å²) < 4.78 is 17.8. The fraction of sp³-hybridized carbons (Fsp3) is 1.00. The summed E-state index contributed by atoms with van der Waals surface area (Å²) in [5.41, 5.74) is 11.2. The Morgan fingerprint density at radius 2 is 1.62 bits per heavy atom. The minimum absolute atomic E-state index is 0.175. The molecule has 0 amide bonds. The fourth-order valence-electron chi connectivity index (χ4n) is 3.30.